The summed E-state index contributed by atoms with van der Waals surface area (Å²) in [6, 6.07) is 22.9. The lowest BCUT2D eigenvalue weighted by molar-refractivity contribution is -0.149. The molecule has 4 rings (SSSR count). The van der Waals surface area contributed by atoms with E-state index in [4.69, 9.17) is 0 Å². The summed E-state index contributed by atoms with van der Waals surface area (Å²) in [4.78, 5) is 43.9. The molecule has 1 fully saturated rings. The number of hydrogen-bond donors (Lipinski definition) is 2. The Morgan fingerprint density at radius 2 is 1.76 bits per heavy atom. The van der Waals surface area contributed by atoms with E-state index in [2.05, 4.69) is 36.6 Å². The second-order valence-corrected chi connectivity index (χ2v) is 11.5. The quantitative estimate of drug-likeness (QED) is 0.350. The summed E-state index contributed by atoms with van der Waals surface area (Å²) >= 11 is 0. The van der Waals surface area contributed by atoms with Crippen molar-refractivity contribution < 1.29 is 14.4 Å². The number of likely N-dealkylation sites (N-methyl/N-ethyl adjacent to an activating group) is 1. The highest BCUT2D eigenvalue weighted by atomic mass is 16.2. The van der Waals surface area contributed by atoms with Crippen LogP contribution in [-0.2, 0) is 27.2 Å². The number of aryl methyl sites for hydroxylation is 1. The van der Waals surface area contributed by atoms with E-state index in [1.54, 1.807) is 18.0 Å². The summed E-state index contributed by atoms with van der Waals surface area (Å²) in [5.41, 5.74) is 1.93. The molecule has 0 bridgehead atoms. The predicted octanol–water partition coefficient (Wildman–Crippen LogP) is 4.11. The van der Waals surface area contributed by atoms with E-state index in [0.717, 1.165) is 21.9 Å². The highest BCUT2D eigenvalue weighted by molar-refractivity contribution is 5.95. The van der Waals surface area contributed by atoms with E-state index >= 15 is 0 Å². The van der Waals surface area contributed by atoms with Crippen LogP contribution >= 0.6 is 0 Å². The Morgan fingerprint density at radius 1 is 1.05 bits per heavy atom. The summed E-state index contributed by atoms with van der Waals surface area (Å²) < 4.78 is 0. The number of hydrogen-bond acceptors (Lipinski definition) is 4. The van der Waals surface area contributed by atoms with Crippen LogP contribution in [0.5, 0.6) is 0 Å². The van der Waals surface area contributed by atoms with E-state index < -0.39 is 12.1 Å². The van der Waals surface area contributed by atoms with E-state index in [1.807, 2.05) is 73.8 Å². The summed E-state index contributed by atoms with van der Waals surface area (Å²) in [6.07, 6.45) is 5.61. The molecular weight excluding hydrogens is 512 g/mol. The molecular formula is C34H42N4O3. The number of nitrogens with zero attached hydrogens (tertiary/aromatic N) is 2. The zero-order valence-electron chi connectivity index (χ0n) is 24.6. The molecule has 216 valence electrons. The van der Waals surface area contributed by atoms with Crippen molar-refractivity contribution in [2.75, 3.05) is 27.2 Å². The van der Waals surface area contributed by atoms with Gasteiger partial charge in [-0.15, -0.1) is 0 Å². The largest absolute Gasteiger partial charge is 0.353 e. The topological polar surface area (TPSA) is 81.8 Å². The molecule has 1 heterocycles. The van der Waals surface area contributed by atoms with Gasteiger partial charge in [0.25, 0.3) is 0 Å². The van der Waals surface area contributed by atoms with Crippen molar-refractivity contribution in [3.8, 4) is 0 Å². The van der Waals surface area contributed by atoms with Gasteiger partial charge < -0.3 is 20.4 Å². The highest BCUT2D eigenvalue weighted by Gasteiger charge is 2.38. The average molecular weight is 555 g/mol. The monoisotopic (exact) mass is 554 g/mol. The normalized spacial score (nSPS) is 16.5. The molecule has 2 atom stereocenters. The van der Waals surface area contributed by atoms with Crippen molar-refractivity contribution in [3.63, 3.8) is 0 Å². The first-order valence-corrected chi connectivity index (χ1v) is 14.4. The molecule has 3 aromatic carbocycles. The standard InChI is InChI=1S/C34H42N4O3/c1-34(2,35-3)20-10-15-31(39)37(4)30(24-26-16-18-27-13-8-9-14-28(27)23-26)33(41)38-22-21-36-32(40)29(38)19-17-25-11-6-5-7-12-25/h5-16,18,23,29-30,35H,17,19-22,24H2,1-4H3,(H,36,40)/t29-,30-/m1/s1. The lowest BCUT2D eigenvalue weighted by atomic mass is 9.97. The maximum absolute atomic E-state index is 14.3. The summed E-state index contributed by atoms with van der Waals surface area (Å²) in [5.74, 6) is -0.586. The number of piperazine rings is 1. The number of carbonyl (C=O) groups is 3. The molecule has 3 amide bonds. The molecule has 0 spiro atoms. The first-order chi connectivity index (χ1) is 19.7. The first kappa shape index (κ1) is 30.0. The maximum Gasteiger partial charge on any atom is 0.246 e. The number of nitrogens with one attached hydrogen (secondary N) is 2. The summed E-state index contributed by atoms with van der Waals surface area (Å²) in [6.45, 7) is 4.93. The van der Waals surface area contributed by atoms with E-state index in [0.29, 0.717) is 38.8 Å². The van der Waals surface area contributed by atoms with Crippen molar-refractivity contribution in [2.45, 2.75) is 57.2 Å². The van der Waals surface area contributed by atoms with Gasteiger partial charge in [0.1, 0.15) is 12.1 Å². The number of carbonyl (C=O) groups excluding carboxylic acids is 3. The van der Waals surface area contributed by atoms with Crippen LogP contribution in [0.3, 0.4) is 0 Å². The number of benzene rings is 3. The van der Waals surface area contributed by atoms with E-state index in [9.17, 15) is 14.4 Å². The zero-order valence-corrected chi connectivity index (χ0v) is 24.6. The third-order valence-electron chi connectivity index (χ3n) is 8.07. The Morgan fingerprint density at radius 3 is 2.49 bits per heavy atom. The van der Waals surface area contributed by atoms with Gasteiger partial charge in [-0.3, -0.25) is 14.4 Å². The van der Waals surface area contributed by atoms with Crippen LogP contribution in [0, 0.1) is 0 Å². The molecule has 7 nitrogen and oxygen atoms in total. The van der Waals surface area contributed by atoms with Gasteiger partial charge in [-0.05, 0) is 68.1 Å². The fraction of sp³-hybridized carbons (Fsp3) is 0.382. The number of fused-ring (bicyclic) bond motifs is 1. The molecule has 1 aliphatic heterocycles. The minimum Gasteiger partial charge on any atom is -0.353 e. The second kappa shape index (κ2) is 13.6. The highest BCUT2D eigenvalue weighted by Crippen LogP contribution is 2.21. The lowest BCUT2D eigenvalue weighted by Crippen LogP contribution is -2.61. The van der Waals surface area contributed by atoms with Crippen molar-refractivity contribution in [1.82, 2.24) is 20.4 Å². The minimum absolute atomic E-state index is 0.145. The molecule has 0 aromatic heterocycles. The van der Waals surface area contributed by atoms with Crippen LogP contribution in [0.2, 0.25) is 0 Å². The first-order valence-electron chi connectivity index (χ1n) is 14.4. The van der Waals surface area contributed by atoms with Gasteiger partial charge in [0.2, 0.25) is 17.7 Å². The summed E-state index contributed by atoms with van der Waals surface area (Å²) in [5, 5.41) is 8.36. The third-order valence-corrected chi connectivity index (χ3v) is 8.07. The van der Waals surface area contributed by atoms with Crippen LogP contribution < -0.4 is 10.6 Å². The Bertz CT molecular complexity index is 1380. The molecule has 0 unspecified atom stereocenters. The van der Waals surface area contributed by atoms with Gasteiger partial charge in [-0.2, -0.15) is 0 Å². The van der Waals surface area contributed by atoms with E-state index in [-0.39, 0.29) is 23.3 Å². The Balaban J connectivity index is 1.60. The third kappa shape index (κ3) is 7.82. The van der Waals surface area contributed by atoms with Crippen LogP contribution in [0.15, 0.2) is 84.9 Å². The molecule has 7 heteroatoms. The van der Waals surface area contributed by atoms with Crippen molar-refractivity contribution in [2.24, 2.45) is 0 Å². The molecule has 0 aliphatic carbocycles. The molecule has 1 saturated heterocycles. The van der Waals surface area contributed by atoms with Gasteiger partial charge in [-0.25, -0.2) is 0 Å². The number of amides is 3. The molecule has 1 aliphatic rings. The van der Waals surface area contributed by atoms with Gasteiger partial charge in [0, 0.05) is 32.1 Å². The van der Waals surface area contributed by atoms with Crippen LogP contribution in [0.25, 0.3) is 10.8 Å². The second-order valence-electron chi connectivity index (χ2n) is 11.5. The van der Waals surface area contributed by atoms with Crippen molar-refractivity contribution in [3.05, 3.63) is 96.1 Å². The molecule has 0 saturated carbocycles. The lowest BCUT2D eigenvalue weighted by Gasteiger charge is -2.39. The van der Waals surface area contributed by atoms with Crippen molar-refractivity contribution in [1.29, 1.82) is 0 Å². The average Bonchev–Trinajstić information content (AvgIpc) is 2.98. The summed E-state index contributed by atoms with van der Waals surface area (Å²) in [7, 11) is 3.57. The van der Waals surface area contributed by atoms with Gasteiger partial charge in [0.05, 0.1) is 0 Å². The van der Waals surface area contributed by atoms with Crippen molar-refractivity contribution >= 4 is 28.5 Å². The van der Waals surface area contributed by atoms with Crippen LogP contribution in [0.1, 0.15) is 37.8 Å². The Hall–Kier alpha value is -3.97. The van der Waals surface area contributed by atoms with Gasteiger partial charge in [-0.1, -0.05) is 78.9 Å². The van der Waals surface area contributed by atoms with Crippen LogP contribution in [-0.4, -0.2) is 72.3 Å². The molecule has 0 radical (unpaired) electrons. The smallest absolute Gasteiger partial charge is 0.246 e. The van der Waals surface area contributed by atoms with Crippen LogP contribution in [0.4, 0.5) is 0 Å². The van der Waals surface area contributed by atoms with Gasteiger partial charge >= 0.3 is 0 Å². The fourth-order valence-electron chi connectivity index (χ4n) is 5.21. The number of rotatable bonds is 11. The fourth-order valence-corrected chi connectivity index (χ4v) is 5.21. The Labute approximate surface area is 243 Å². The Kier molecular flexibility index (Phi) is 9.95. The zero-order chi connectivity index (χ0) is 29.4. The minimum atomic E-state index is -0.754. The molecule has 2 N–H and O–H groups in total. The van der Waals surface area contributed by atoms with Gasteiger partial charge in [0.15, 0.2) is 0 Å². The molecule has 3 aromatic rings. The van der Waals surface area contributed by atoms with E-state index in [1.165, 1.54) is 4.90 Å². The molecule has 41 heavy (non-hydrogen) atoms. The predicted molar refractivity (Wildman–Crippen MR) is 164 cm³/mol. The SMILES string of the molecule is CNC(C)(C)CC=CC(=O)N(C)[C@H](Cc1ccc2ccccc2c1)C(=O)N1CCNC(=O)[C@H]1CCc1ccccc1. The maximum atomic E-state index is 14.3.